The third-order valence-corrected chi connectivity index (χ3v) is 6.32. The average molecular weight is 268 g/mol. The van der Waals surface area contributed by atoms with Gasteiger partial charge < -0.3 is 8.97 Å². The summed E-state index contributed by atoms with van der Waals surface area (Å²) in [6, 6.07) is 0. The van der Waals surface area contributed by atoms with Crippen molar-refractivity contribution in [2.75, 3.05) is 66.5 Å². The standard InChI is InChI=1S/C14H28N4.CH4/c1-17-9-3-5-15-8-12-18(2)10-4-6-16(7-11-17)14(18)13(15)17;/h13-14H,3-12H2,1-2H3;1H4/q+2;. The summed E-state index contributed by atoms with van der Waals surface area (Å²) in [5.74, 6) is 0. The van der Waals surface area contributed by atoms with Gasteiger partial charge in [-0.3, -0.25) is 0 Å². The molecule has 4 heterocycles. The van der Waals surface area contributed by atoms with Gasteiger partial charge in [0.1, 0.15) is 0 Å². The van der Waals surface area contributed by atoms with E-state index in [2.05, 4.69) is 23.9 Å². The summed E-state index contributed by atoms with van der Waals surface area (Å²) in [6.07, 6.45) is 4.38. The molecular formula is C15H32N4+2. The molecule has 0 bridgehead atoms. The van der Waals surface area contributed by atoms with Crippen LogP contribution in [0.15, 0.2) is 0 Å². The smallest absolute Gasteiger partial charge is 0.213 e. The Morgan fingerprint density at radius 2 is 1.11 bits per heavy atom. The van der Waals surface area contributed by atoms with Crippen LogP contribution in [0.4, 0.5) is 0 Å². The van der Waals surface area contributed by atoms with E-state index in [-0.39, 0.29) is 7.43 Å². The first-order valence-electron chi connectivity index (χ1n) is 7.79. The van der Waals surface area contributed by atoms with E-state index in [0.29, 0.717) is 0 Å². The van der Waals surface area contributed by atoms with Crippen molar-refractivity contribution in [2.45, 2.75) is 32.6 Å². The number of hydrogen-bond acceptors (Lipinski definition) is 2. The molecule has 19 heavy (non-hydrogen) atoms. The second kappa shape index (κ2) is 4.42. The van der Waals surface area contributed by atoms with Gasteiger partial charge in [-0.2, -0.15) is 0 Å². The molecule has 4 saturated heterocycles. The van der Waals surface area contributed by atoms with E-state index in [1.165, 1.54) is 74.2 Å². The van der Waals surface area contributed by atoms with Gasteiger partial charge >= 0.3 is 0 Å². The Labute approximate surface area is 118 Å². The Morgan fingerprint density at radius 3 is 1.53 bits per heavy atom. The fraction of sp³-hybridized carbons (Fsp3) is 1.00. The topological polar surface area (TPSA) is 6.48 Å². The zero-order valence-corrected chi connectivity index (χ0v) is 12.0. The summed E-state index contributed by atoms with van der Waals surface area (Å²) in [4.78, 5) is 5.65. The summed E-state index contributed by atoms with van der Waals surface area (Å²) >= 11 is 0. The van der Waals surface area contributed by atoms with Gasteiger partial charge in [0.2, 0.25) is 12.3 Å². The zero-order chi connectivity index (χ0) is 12.4. The van der Waals surface area contributed by atoms with Crippen molar-refractivity contribution in [2.24, 2.45) is 0 Å². The van der Waals surface area contributed by atoms with Gasteiger partial charge in [-0.15, -0.1) is 0 Å². The van der Waals surface area contributed by atoms with E-state index >= 15 is 0 Å². The molecule has 0 N–H and O–H groups in total. The number of hydrogen-bond donors (Lipinski definition) is 0. The maximum atomic E-state index is 2.83. The van der Waals surface area contributed by atoms with Crippen LogP contribution in [0.5, 0.6) is 0 Å². The summed E-state index contributed by atoms with van der Waals surface area (Å²) in [7, 11) is 5.05. The van der Waals surface area contributed by atoms with Gasteiger partial charge in [0, 0.05) is 25.9 Å². The lowest BCUT2D eigenvalue weighted by Gasteiger charge is -2.65. The monoisotopic (exact) mass is 268 g/mol. The summed E-state index contributed by atoms with van der Waals surface area (Å²) in [5, 5.41) is 0. The van der Waals surface area contributed by atoms with E-state index in [1.54, 1.807) is 0 Å². The number of likely N-dealkylation sites (N-methyl/N-ethyl adjacent to an activating group) is 2. The summed E-state index contributed by atoms with van der Waals surface area (Å²) in [5.41, 5.74) is 0. The van der Waals surface area contributed by atoms with Crippen LogP contribution in [-0.4, -0.2) is 97.6 Å². The lowest BCUT2D eigenvalue weighted by molar-refractivity contribution is -1.04. The zero-order valence-electron chi connectivity index (χ0n) is 12.0. The lowest BCUT2D eigenvalue weighted by atomic mass is 9.96. The Kier molecular flexibility index (Phi) is 3.21. The summed E-state index contributed by atoms with van der Waals surface area (Å²) < 4.78 is 2.66. The van der Waals surface area contributed by atoms with Gasteiger partial charge in [0.15, 0.2) is 0 Å². The quantitative estimate of drug-likeness (QED) is 0.594. The van der Waals surface area contributed by atoms with E-state index in [4.69, 9.17) is 0 Å². The largest absolute Gasteiger partial charge is 0.304 e. The SMILES string of the molecule is C.C[N+]12CCCN3CC[N+]4(C)CCCN(CC1)C4C32. The first-order valence-corrected chi connectivity index (χ1v) is 7.79. The van der Waals surface area contributed by atoms with Crippen LogP contribution in [0.3, 0.4) is 0 Å². The molecule has 0 radical (unpaired) electrons. The molecule has 4 rings (SSSR count). The van der Waals surface area contributed by atoms with Crippen molar-refractivity contribution < 1.29 is 8.97 Å². The molecule has 0 aromatic carbocycles. The molecule has 0 aromatic heterocycles. The fourth-order valence-corrected chi connectivity index (χ4v) is 5.30. The Balaban J connectivity index is 0.00000110. The first kappa shape index (κ1) is 13.8. The van der Waals surface area contributed by atoms with Crippen LogP contribution in [-0.2, 0) is 0 Å². The molecule has 4 heteroatoms. The number of quaternary nitrogens is 2. The number of nitrogens with zero attached hydrogens (tertiary/aromatic N) is 4. The molecule has 0 amide bonds. The predicted octanol–water partition coefficient (Wildman–Crippen LogP) is 0.607. The third-order valence-electron chi connectivity index (χ3n) is 6.32. The number of rotatable bonds is 0. The molecular weight excluding hydrogens is 236 g/mol. The minimum absolute atomic E-state index is 0. The van der Waals surface area contributed by atoms with Gasteiger partial charge in [-0.05, 0) is 0 Å². The molecule has 0 aliphatic carbocycles. The number of piperazine rings is 2. The van der Waals surface area contributed by atoms with Crippen LogP contribution in [0.25, 0.3) is 0 Å². The molecule has 110 valence electrons. The molecule has 4 aliphatic rings. The fourth-order valence-electron chi connectivity index (χ4n) is 5.30. The van der Waals surface area contributed by atoms with Crippen LogP contribution in [0, 0.1) is 0 Å². The maximum absolute atomic E-state index is 2.83. The van der Waals surface area contributed by atoms with Crippen LogP contribution in [0.1, 0.15) is 20.3 Å². The normalized spacial score (nSPS) is 50.2. The van der Waals surface area contributed by atoms with Gasteiger partial charge in [0.05, 0.1) is 53.4 Å². The first-order chi connectivity index (χ1) is 8.62. The highest BCUT2D eigenvalue weighted by molar-refractivity contribution is 4.87. The molecule has 4 atom stereocenters. The van der Waals surface area contributed by atoms with Crippen molar-refractivity contribution in [3.8, 4) is 0 Å². The molecule has 4 unspecified atom stereocenters. The van der Waals surface area contributed by atoms with Crippen molar-refractivity contribution in [1.82, 2.24) is 9.80 Å². The van der Waals surface area contributed by atoms with Crippen LogP contribution < -0.4 is 0 Å². The average Bonchev–Trinajstić information content (AvgIpc) is 2.36. The molecule has 4 fully saturated rings. The van der Waals surface area contributed by atoms with Crippen molar-refractivity contribution in [1.29, 1.82) is 0 Å². The molecule has 0 saturated carbocycles. The lowest BCUT2D eigenvalue weighted by Crippen LogP contribution is -2.86. The second-order valence-electron chi connectivity index (χ2n) is 7.46. The Morgan fingerprint density at radius 1 is 0.684 bits per heavy atom. The third kappa shape index (κ3) is 1.80. The van der Waals surface area contributed by atoms with Gasteiger partial charge in [-0.25, -0.2) is 9.80 Å². The van der Waals surface area contributed by atoms with Crippen LogP contribution >= 0.6 is 0 Å². The van der Waals surface area contributed by atoms with Crippen molar-refractivity contribution in [3.63, 3.8) is 0 Å². The molecule has 4 nitrogen and oxygen atoms in total. The van der Waals surface area contributed by atoms with Gasteiger partial charge in [0.25, 0.3) is 0 Å². The highest BCUT2D eigenvalue weighted by atomic mass is 15.6. The van der Waals surface area contributed by atoms with E-state index in [9.17, 15) is 0 Å². The minimum Gasteiger partial charge on any atom is -0.304 e. The van der Waals surface area contributed by atoms with Gasteiger partial charge in [-0.1, -0.05) is 7.43 Å². The molecule has 0 aromatic rings. The van der Waals surface area contributed by atoms with Crippen molar-refractivity contribution >= 4 is 0 Å². The predicted molar refractivity (Wildman–Crippen MR) is 78.5 cm³/mol. The van der Waals surface area contributed by atoms with Crippen molar-refractivity contribution in [3.05, 3.63) is 0 Å². The van der Waals surface area contributed by atoms with E-state index in [1.807, 2.05) is 0 Å². The highest BCUT2D eigenvalue weighted by Gasteiger charge is 2.61. The minimum atomic E-state index is 0. The maximum Gasteiger partial charge on any atom is 0.213 e. The highest BCUT2D eigenvalue weighted by Crippen LogP contribution is 2.39. The molecule has 0 spiro atoms. The van der Waals surface area contributed by atoms with Crippen LogP contribution in [0.2, 0.25) is 0 Å². The van der Waals surface area contributed by atoms with E-state index < -0.39 is 0 Å². The second-order valence-corrected chi connectivity index (χ2v) is 7.46. The molecule has 4 aliphatic heterocycles. The van der Waals surface area contributed by atoms with E-state index in [0.717, 1.165) is 12.3 Å². The summed E-state index contributed by atoms with van der Waals surface area (Å²) in [6.45, 7) is 10.9. The Bertz CT molecular complexity index is 326. The Hall–Kier alpha value is -0.160.